The molecule has 2 aromatic rings. The lowest BCUT2D eigenvalue weighted by molar-refractivity contribution is -0.500. The third-order valence-electron chi connectivity index (χ3n) is 4.79. The van der Waals surface area contributed by atoms with E-state index in [1.807, 2.05) is 0 Å². The number of benzene rings is 2. The molecule has 37 heavy (non-hydrogen) atoms. The van der Waals surface area contributed by atoms with E-state index in [0.717, 1.165) is 24.3 Å². The van der Waals surface area contributed by atoms with Gasteiger partial charge in [-0.3, -0.25) is 20.2 Å². The lowest BCUT2D eigenvalue weighted by Gasteiger charge is -2.20. The zero-order chi connectivity index (χ0) is 28.0. The van der Waals surface area contributed by atoms with E-state index < -0.39 is 64.4 Å². The highest BCUT2D eigenvalue weighted by molar-refractivity contribution is 8.00. The lowest BCUT2D eigenvalue weighted by Crippen LogP contribution is -2.33. The molecule has 0 aliphatic rings. The Kier molecular flexibility index (Phi) is 10.2. The second-order valence-corrected chi connectivity index (χ2v) is 13.2. The number of hydrogen-bond acceptors (Lipinski definition) is 13. The maximum absolute atomic E-state index is 12.3. The smallest absolute Gasteiger partial charge is 0.337 e. The van der Waals surface area contributed by atoms with Crippen molar-refractivity contribution >= 4 is 31.4 Å². The van der Waals surface area contributed by atoms with Gasteiger partial charge in [-0.25, -0.2) is 16.8 Å². The van der Waals surface area contributed by atoms with Crippen molar-refractivity contribution in [3.05, 3.63) is 68.8 Å². The number of hydrogen-bond donors (Lipinski definition) is 2. The van der Waals surface area contributed by atoms with Crippen molar-refractivity contribution in [2.24, 2.45) is 0 Å². The van der Waals surface area contributed by atoms with E-state index in [4.69, 9.17) is 19.7 Å². The molecule has 0 saturated heterocycles. The van der Waals surface area contributed by atoms with Crippen LogP contribution in [0.25, 0.3) is 0 Å². The lowest BCUT2D eigenvalue weighted by atomic mass is 10.3. The fourth-order valence-electron chi connectivity index (χ4n) is 2.99. The number of thioether (sulfide) groups is 1. The standard InChI is InChI=1S/C20H24N2O12S3/c1-13(33-15-3-7-17(8-4-15)36(29,30)19(11-23)21(25)26)35-14(2)34-16-5-9-18(10-6-16)37(31,32)20(12-24)22(27)28/h3-10,13-14,19-20,23-24H,11-12H2,1-2H3. The fraction of sp³-hybridized carbons (Fsp3) is 0.400. The zero-order valence-corrected chi connectivity index (χ0v) is 21.9. The quantitative estimate of drug-likeness (QED) is 0.183. The fourth-order valence-corrected chi connectivity index (χ4v) is 6.37. The van der Waals surface area contributed by atoms with E-state index >= 15 is 0 Å². The van der Waals surface area contributed by atoms with Crippen LogP contribution in [0.15, 0.2) is 58.3 Å². The van der Waals surface area contributed by atoms with Crippen molar-refractivity contribution in [1.29, 1.82) is 0 Å². The van der Waals surface area contributed by atoms with Gasteiger partial charge >= 0.3 is 10.7 Å². The summed E-state index contributed by atoms with van der Waals surface area (Å²) >= 11 is 1.21. The molecule has 2 rings (SSSR count). The van der Waals surface area contributed by atoms with Crippen LogP contribution in [0, 0.1) is 20.2 Å². The van der Waals surface area contributed by atoms with Gasteiger partial charge in [-0.2, -0.15) is 0 Å². The molecule has 17 heteroatoms. The van der Waals surface area contributed by atoms with Crippen LogP contribution in [0.3, 0.4) is 0 Å². The van der Waals surface area contributed by atoms with E-state index in [1.165, 1.54) is 36.0 Å². The van der Waals surface area contributed by atoms with Crippen LogP contribution in [0.2, 0.25) is 0 Å². The van der Waals surface area contributed by atoms with E-state index in [-0.39, 0.29) is 21.3 Å². The molecule has 0 bridgehead atoms. The van der Waals surface area contributed by atoms with Crippen molar-refractivity contribution in [3.8, 4) is 11.5 Å². The zero-order valence-electron chi connectivity index (χ0n) is 19.4. The van der Waals surface area contributed by atoms with Crippen LogP contribution in [0.1, 0.15) is 13.8 Å². The summed E-state index contributed by atoms with van der Waals surface area (Å²) in [5.41, 5.74) is -1.02. The largest absolute Gasteiger partial charge is 0.480 e. The van der Waals surface area contributed by atoms with Gasteiger partial charge in [0.25, 0.3) is 0 Å². The third-order valence-corrected chi connectivity index (χ3v) is 9.68. The van der Waals surface area contributed by atoms with E-state index in [1.54, 1.807) is 13.8 Å². The molecule has 0 aliphatic carbocycles. The van der Waals surface area contributed by atoms with Crippen molar-refractivity contribution in [3.63, 3.8) is 0 Å². The Morgan fingerprint density at radius 3 is 1.27 bits per heavy atom. The summed E-state index contributed by atoms with van der Waals surface area (Å²) in [7, 11) is -8.77. The van der Waals surface area contributed by atoms with Gasteiger partial charge in [0.1, 0.15) is 35.6 Å². The second kappa shape index (κ2) is 12.5. The van der Waals surface area contributed by atoms with Crippen molar-refractivity contribution < 1.29 is 46.4 Å². The van der Waals surface area contributed by atoms with Crippen molar-refractivity contribution in [2.45, 2.75) is 45.3 Å². The van der Waals surface area contributed by atoms with Crippen LogP contribution in [0.5, 0.6) is 11.5 Å². The Balaban J connectivity index is 1.99. The molecule has 14 nitrogen and oxygen atoms in total. The first-order chi connectivity index (χ1) is 17.2. The topological polar surface area (TPSA) is 213 Å². The molecule has 0 radical (unpaired) electrons. The predicted molar refractivity (Wildman–Crippen MR) is 131 cm³/mol. The number of nitrogens with zero attached hydrogens (tertiary/aromatic N) is 2. The number of nitro groups is 2. The van der Waals surface area contributed by atoms with Crippen LogP contribution in [-0.4, -0.2) is 71.7 Å². The summed E-state index contributed by atoms with van der Waals surface area (Å²) < 4.78 is 60.5. The number of sulfone groups is 2. The minimum absolute atomic E-state index is 0.270. The summed E-state index contributed by atoms with van der Waals surface area (Å²) in [5.74, 6) is 0.540. The summed E-state index contributed by atoms with van der Waals surface area (Å²) in [6.45, 7) is 1.04. The van der Waals surface area contributed by atoms with Gasteiger partial charge in [-0.05, 0) is 62.4 Å². The number of ether oxygens (including phenoxy) is 2. The monoisotopic (exact) mass is 580 g/mol. The maximum Gasteiger partial charge on any atom is 0.337 e. The maximum atomic E-state index is 12.3. The summed E-state index contributed by atoms with van der Waals surface area (Å²) in [6.07, 6.45) is 0. The highest BCUT2D eigenvalue weighted by Crippen LogP contribution is 2.27. The number of aliphatic hydroxyl groups is 2. The Morgan fingerprint density at radius 2 is 1.03 bits per heavy atom. The van der Waals surface area contributed by atoms with Crippen LogP contribution in [-0.2, 0) is 19.7 Å². The molecule has 2 N–H and O–H groups in total. The second-order valence-electron chi connectivity index (χ2n) is 7.39. The first-order valence-electron chi connectivity index (χ1n) is 10.4. The van der Waals surface area contributed by atoms with Gasteiger partial charge in [0.05, 0.1) is 9.79 Å². The van der Waals surface area contributed by atoms with Gasteiger partial charge in [0.15, 0.2) is 0 Å². The molecule has 0 aromatic heterocycles. The van der Waals surface area contributed by atoms with Crippen molar-refractivity contribution in [1.82, 2.24) is 0 Å². The third kappa shape index (κ3) is 7.51. The highest BCUT2D eigenvalue weighted by Gasteiger charge is 2.37. The summed E-state index contributed by atoms with van der Waals surface area (Å²) in [6, 6.07) is 9.77. The molecule has 0 spiro atoms. The summed E-state index contributed by atoms with van der Waals surface area (Å²) in [5, 5.41) is 35.5. The minimum Gasteiger partial charge on any atom is -0.480 e. The normalized spacial score (nSPS) is 15.2. The Morgan fingerprint density at radius 1 is 0.730 bits per heavy atom. The van der Waals surface area contributed by atoms with Crippen LogP contribution in [0.4, 0.5) is 0 Å². The molecular formula is C20H24N2O12S3. The molecule has 0 fully saturated rings. The van der Waals surface area contributed by atoms with E-state index in [9.17, 15) is 37.1 Å². The molecular weight excluding hydrogens is 556 g/mol. The van der Waals surface area contributed by atoms with Gasteiger partial charge in [-0.15, -0.1) is 0 Å². The molecule has 0 saturated carbocycles. The SMILES string of the molecule is CC(Oc1ccc(S(=O)(=O)C(CO)[N+](=O)[O-])cc1)SC(C)Oc1ccc(S(=O)(=O)C(CO)[N+](=O)[O-])cc1. The minimum atomic E-state index is -4.39. The van der Waals surface area contributed by atoms with Gasteiger partial charge in [0.2, 0.25) is 19.7 Å². The number of aliphatic hydroxyl groups excluding tert-OH is 2. The Hall–Kier alpha value is -2.99. The van der Waals surface area contributed by atoms with Crippen LogP contribution < -0.4 is 9.47 Å². The van der Waals surface area contributed by atoms with Gasteiger partial charge < -0.3 is 19.7 Å². The Labute approximate surface area is 216 Å². The summed E-state index contributed by atoms with van der Waals surface area (Å²) in [4.78, 5) is 18.9. The van der Waals surface area contributed by atoms with Gasteiger partial charge in [0, 0.05) is 9.85 Å². The Bertz CT molecular complexity index is 1200. The molecule has 0 aliphatic heterocycles. The molecule has 4 atom stereocenters. The van der Waals surface area contributed by atoms with Gasteiger partial charge in [-0.1, -0.05) is 11.8 Å². The number of rotatable bonds is 14. The molecule has 0 heterocycles. The average molecular weight is 581 g/mol. The van der Waals surface area contributed by atoms with Crippen molar-refractivity contribution in [2.75, 3.05) is 13.2 Å². The van der Waals surface area contributed by atoms with E-state index in [2.05, 4.69) is 0 Å². The molecule has 4 unspecified atom stereocenters. The van der Waals surface area contributed by atoms with Crippen LogP contribution >= 0.6 is 11.8 Å². The molecule has 0 amide bonds. The molecule has 2 aromatic carbocycles. The first kappa shape index (κ1) is 30.2. The van der Waals surface area contributed by atoms with E-state index in [0.29, 0.717) is 0 Å². The predicted octanol–water partition coefficient (Wildman–Crippen LogP) is 1.31. The highest BCUT2D eigenvalue weighted by atomic mass is 32.2. The molecule has 204 valence electrons. The first-order valence-corrected chi connectivity index (χ1v) is 14.4. The average Bonchev–Trinajstić information content (AvgIpc) is 2.79.